The molecule has 146 valence electrons. The second-order valence-electron chi connectivity index (χ2n) is 5.68. The van der Waals surface area contributed by atoms with Gasteiger partial charge in [0.05, 0.1) is 19.8 Å². The van der Waals surface area contributed by atoms with Crippen molar-refractivity contribution in [3.63, 3.8) is 0 Å². The van der Waals surface area contributed by atoms with Gasteiger partial charge in [0, 0.05) is 6.08 Å². The molecule has 2 aromatic rings. The van der Waals surface area contributed by atoms with Crippen molar-refractivity contribution in [2.45, 2.75) is 6.92 Å². The molecule has 3 rings (SSSR count). The molecule has 1 amide bonds. The average molecular weight is 403 g/mol. The highest BCUT2D eigenvalue weighted by Crippen LogP contribution is 2.35. The highest BCUT2D eigenvalue weighted by Gasteiger charge is 2.26. The van der Waals surface area contributed by atoms with E-state index in [2.05, 4.69) is 5.32 Å². The van der Waals surface area contributed by atoms with E-state index in [4.69, 9.17) is 18.9 Å². The Labute approximate surface area is 164 Å². The summed E-state index contributed by atoms with van der Waals surface area (Å²) in [4.78, 5) is 36.5. The highest BCUT2D eigenvalue weighted by atomic mass is 32.1. The third kappa shape index (κ3) is 3.84. The van der Waals surface area contributed by atoms with E-state index in [0.717, 1.165) is 16.9 Å². The van der Waals surface area contributed by atoms with E-state index in [-0.39, 0.29) is 22.2 Å². The molecule has 28 heavy (non-hydrogen) atoms. The van der Waals surface area contributed by atoms with Crippen LogP contribution < -0.4 is 14.8 Å². The first-order valence-electron chi connectivity index (χ1n) is 8.13. The molecule has 0 fully saturated rings. The maximum atomic E-state index is 12.3. The number of nitrogens with one attached hydrogen (secondary N) is 1. The van der Waals surface area contributed by atoms with E-state index in [1.54, 1.807) is 31.2 Å². The molecule has 1 N–H and O–H groups in total. The number of hydrogen-bond donors (Lipinski definition) is 1. The van der Waals surface area contributed by atoms with Gasteiger partial charge >= 0.3 is 11.9 Å². The molecule has 0 saturated carbocycles. The minimum atomic E-state index is -0.654. The van der Waals surface area contributed by atoms with Crippen LogP contribution in [0.4, 0.5) is 5.00 Å². The zero-order valence-electron chi connectivity index (χ0n) is 15.4. The molecule has 2 heterocycles. The number of anilines is 1. The SMILES string of the molecule is COC(=O)c1sc(NC(=O)/C=C/c2ccc3c(c2)OCO3)c(C(=O)OC)c1C. The van der Waals surface area contributed by atoms with Crippen LogP contribution in [0.5, 0.6) is 11.5 Å². The molecule has 0 unspecified atom stereocenters. The van der Waals surface area contributed by atoms with E-state index in [0.29, 0.717) is 17.1 Å². The molecule has 0 saturated heterocycles. The van der Waals surface area contributed by atoms with Gasteiger partial charge in [-0.25, -0.2) is 9.59 Å². The first-order valence-corrected chi connectivity index (χ1v) is 8.95. The third-order valence-corrected chi connectivity index (χ3v) is 5.15. The predicted molar refractivity (Wildman–Crippen MR) is 102 cm³/mol. The van der Waals surface area contributed by atoms with Crippen molar-refractivity contribution in [2.24, 2.45) is 0 Å². The van der Waals surface area contributed by atoms with E-state index in [1.807, 2.05) is 0 Å². The van der Waals surface area contributed by atoms with Gasteiger partial charge < -0.3 is 24.3 Å². The first kappa shape index (κ1) is 19.4. The highest BCUT2D eigenvalue weighted by molar-refractivity contribution is 7.18. The molecule has 0 aliphatic carbocycles. The van der Waals surface area contributed by atoms with E-state index in [9.17, 15) is 14.4 Å². The van der Waals surface area contributed by atoms with Gasteiger partial charge in [-0.2, -0.15) is 0 Å². The molecular formula is C19H17NO7S. The second-order valence-corrected chi connectivity index (χ2v) is 6.70. The molecule has 8 nitrogen and oxygen atoms in total. The Morgan fingerprint density at radius 1 is 1.11 bits per heavy atom. The number of methoxy groups -OCH3 is 2. The summed E-state index contributed by atoms with van der Waals surface area (Å²) < 4.78 is 20.0. The minimum Gasteiger partial charge on any atom is -0.465 e. The van der Waals surface area contributed by atoms with Crippen molar-refractivity contribution in [3.8, 4) is 11.5 Å². The van der Waals surface area contributed by atoms with Crippen LogP contribution in [-0.2, 0) is 14.3 Å². The molecule has 0 bridgehead atoms. The van der Waals surface area contributed by atoms with Crippen molar-refractivity contribution in [3.05, 3.63) is 45.8 Å². The van der Waals surface area contributed by atoms with Crippen molar-refractivity contribution in [1.29, 1.82) is 0 Å². The molecule has 0 atom stereocenters. The Morgan fingerprint density at radius 3 is 2.54 bits per heavy atom. The smallest absolute Gasteiger partial charge is 0.348 e. The maximum Gasteiger partial charge on any atom is 0.348 e. The lowest BCUT2D eigenvalue weighted by Gasteiger charge is -2.04. The number of ether oxygens (including phenoxy) is 4. The summed E-state index contributed by atoms with van der Waals surface area (Å²) in [6.07, 6.45) is 2.91. The standard InChI is InChI=1S/C19H17NO7S/c1-10-15(18(22)24-2)17(28-16(10)19(23)25-3)20-14(21)7-5-11-4-6-12-13(8-11)27-9-26-12/h4-8H,9H2,1-3H3,(H,20,21)/b7-5+. The van der Waals surface area contributed by atoms with E-state index in [1.165, 1.54) is 20.3 Å². The number of benzene rings is 1. The number of carbonyl (C=O) groups excluding carboxylic acids is 3. The van der Waals surface area contributed by atoms with Crippen LogP contribution in [0.1, 0.15) is 31.2 Å². The fraction of sp³-hybridized carbons (Fsp3) is 0.211. The number of fused-ring (bicyclic) bond motifs is 1. The summed E-state index contributed by atoms with van der Waals surface area (Å²) in [5, 5.41) is 2.83. The Kier molecular flexibility index (Phi) is 5.65. The summed E-state index contributed by atoms with van der Waals surface area (Å²) in [5.74, 6) is -0.468. The van der Waals surface area contributed by atoms with Crippen LogP contribution in [0.2, 0.25) is 0 Å². The number of hydrogen-bond acceptors (Lipinski definition) is 8. The van der Waals surface area contributed by atoms with Crippen molar-refractivity contribution in [2.75, 3.05) is 26.3 Å². The van der Waals surface area contributed by atoms with Gasteiger partial charge in [0.1, 0.15) is 9.88 Å². The summed E-state index contributed by atoms with van der Waals surface area (Å²) in [6.45, 7) is 1.76. The predicted octanol–water partition coefficient (Wildman–Crippen LogP) is 3.01. The summed E-state index contributed by atoms with van der Waals surface area (Å²) in [6, 6.07) is 5.28. The number of carbonyl (C=O) groups is 3. The zero-order chi connectivity index (χ0) is 20.3. The minimum absolute atomic E-state index is 0.123. The quantitative estimate of drug-likeness (QED) is 0.605. The monoisotopic (exact) mass is 403 g/mol. The van der Waals surface area contributed by atoms with Gasteiger partial charge in [-0.05, 0) is 36.3 Å². The Hall–Kier alpha value is -3.33. The van der Waals surface area contributed by atoms with Crippen LogP contribution in [0.25, 0.3) is 6.08 Å². The molecule has 1 aliphatic rings. The fourth-order valence-electron chi connectivity index (χ4n) is 2.58. The summed E-state index contributed by atoms with van der Waals surface area (Å²) in [5.41, 5.74) is 1.25. The van der Waals surface area contributed by atoms with Gasteiger partial charge in [-0.15, -0.1) is 11.3 Å². The molecule has 9 heteroatoms. The van der Waals surface area contributed by atoms with Crippen molar-refractivity contribution >= 4 is 40.3 Å². The number of esters is 2. The molecular weight excluding hydrogens is 386 g/mol. The maximum absolute atomic E-state index is 12.3. The third-order valence-electron chi connectivity index (χ3n) is 3.97. The summed E-state index contributed by atoms with van der Waals surface area (Å²) >= 11 is 0.951. The van der Waals surface area contributed by atoms with Gasteiger partial charge in [-0.3, -0.25) is 4.79 Å². The summed E-state index contributed by atoms with van der Waals surface area (Å²) in [7, 11) is 2.47. The van der Waals surface area contributed by atoms with Crippen LogP contribution in [0.3, 0.4) is 0 Å². The van der Waals surface area contributed by atoms with Gasteiger partial charge in [0.15, 0.2) is 11.5 Å². The Bertz CT molecular complexity index is 977. The van der Waals surface area contributed by atoms with Gasteiger partial charge in [0.2, 0.25) is 12.7 Å². The number of rotatable bonds is 5. The molecule has 1 aromatic heterocycles. The normalized spacial score (nSPS) is 12.1. The van der Waals surface area contributed by atoms with Crippen molar-refractivity contribution < 1.29 is 33.3 Å². The van der Waals surface area contributed by atoms with Crippen molar-refractivity contribution in [1.82, 2.24) is 0 Å². The molecule has 0 spiro atoms. The van der Waals surface area contributed by atoms with Gasteiger partial charge in [-0.1, -0.05) is 6.07 Å². The molecule has 0 radical (unpaired) electrons. The second kappa shape index (κ2) is 8.13. The number of thiophene rings is 1. The van der Waals surface area contributed by atoms with E-state index < -0.39 is 17.8 Å². The lowest BCUT2D eigenvalue weighted by molar-refractivity contribution is -0.111. The molecule has 1 aromatic carbocycles. The number of amides is 1. The van der Waals surface area contributed by atoms with Crippen LogP contribution >= 0.6 is 11.3 Å². The van der Waals surface area contributed by atoms with Crippen LogP contribution in [0, 0.1) is 6.92 Å². The van der Waals surface area contributed by atoms with Crippen LogP contribution in [0.15, 0.2) is 24.3 Å². The lowest BCUT2D eigenvalue weighted by atomic mass is 10.1. The van der Waals surface area contributed by atoms with Gasteiger partial charge in [0.25, 0.3) is 0 Å². The first-order chi connectivity index (χ1) is 13.4. The zero-order valence-corrected chi connectivity index (χ0v) is 16.2. The largest absolute Gasteiger partial charge is 0.465 e. The Morgan fingerprint density at radius 2 is 1.82 bits per heavy atom. The average Bonchev–Trinajstić information content (AvgIpc) is 3.29. The molecule has 1 aliphatic heterocycles. The Balaban J connectivity index is 1.81. The lowest BCUT2D eigenvalue weighted by Crippen LogP contribution is -2.11. The van der Waals surface area contributed by atoms with Crippen LogP contribution in [-0.4, -0.2) is 38.9 Å². The van der Waals surface area contributed by atoms with E-state index >= 15 is 0 Å². The fourth-order valence-corrected chi connectivity index (χ4v) is 3.70. The topological polar surface area (TPSA) is 100 Å².